The molecule has 1 aliphatic heterocycles. The molecule has 1 aromatic carbocycles. The molecule has 1 saturated heterocycles. The van der Waals surface area contributed by atoms with Gasteiger partial charge in [-0.2, -0.15) is 13.2 Å². The van der Waals surface area contributed by atoms with Crippen LogP contribution in [0.25, 0.3) is 0 Å². The van der Waals surface area contributed by atoms with Gasteiger partial charge in [-0.05, 0) is 24.1 Å². The van der Waals surface area contributed by atoms with Gasteiger partial charge in [0.1, 0.15) is 5.75 Å². The maximum absolute atomic E-state index is 12.8. The van der Waals surface area contributed by atoms with E-state index in [1.54, 1.807) is 26.2 Å². The zero-order valence-corrected chi connectivity index (χ0v) is 13.8. The van der Waals surface area contributed by atoms with Crippen molar-refractivity contribution < 1.29 is 27.8 Å². The minimum Gasteiger partial charge on any atom is -0.497 e. The number of halogens is 3. The summed E-state index contributed by atoms with van der Waals surface area (Å²) in [6.45, 7) is 1.60. The Kier molecular flexibility index (Phi) is 5.42. The van der Waals surface area contributed by atoms with Gasteiger partial charge in [0, 0.05) is 31.8 Å². The lowest BCUT2D eigenvalue weighted by atomic mass is 9.89. The average Bonchev–Trinajstić information content (AvgIpc) is 2.54. The largest absolute Gasteiger partial charge is 0.497 e. The summed E-state index contributed by atoms with van der Waals surface area (Å²) < 4.78 is 43.5. The molecule has 0 saturated carbocycles. The summed E-state index contributed by atoms with van der Waals surface area (Å²) in [5.41, 5.74) is -1.72. The van der Waals surface area contributed by atoms with E-state index in [9.17, 15) is 23.1 Å². The highest BCUT2D eigenvalue weighted by Gasteiger charge is 2.55. The maximum atomic E-state index is 12.8. The highest BCUT2D eigenvalue weighted by atomic mass is 19.4. The van der Waals surface area contributed by atoms with E-state index >= 15 is 0 Å². The van der Waals surface area contributed by atoms with E-state index in [1.807, 2.05) is 12.1 Å². The van der Waals surface area contributed by atoms with Gasteiger partial charge in [0.2, 0.25) is 5.91 Å². The van der Waals surface area contributed by atoms with Crippen molar-refractivity contribution in [2.24, 2.45) is 5.92 Å². The smallest absolute Gasteiger partial charge is 0.417 e. The molecule has 4 nitrogen and oxygen atoms in total. The van der Waals surface area contributed by atoms with Crippen molar-refractivity contribution in [3.8, 4) is 5.75 Å². The first-order chi connectivity index (χ1) is 11.2. The van der Waals surface area contributed by atoms with Gasteiger partial charge in [-0.25, -0.2) is 0 Å². The molecule has 0 radical (unpaired) electrons. The molecular formula is C17H22F3NO3. The Bertz CT molecular complexity index is 563. The number of hydrogen-bond acceptors (Lipinski definition) is 3. The van der Waals surface area contributed by atoms with Crippen molar-refractivity contribution in [3.63, 3.8) is 0 Å². The van der Waals surface area contributed by atoms with Gasteiger partial charge in [0.05, 0.1) is 7.11 Å². The SMILES string of the molecule is COc1ccc(CC(C)C(=O)N2CCC(O)(C(F)(F)F)CC2)cc1. The molecular weight excluding hydrogens is 323 g/mol. The van der Waals surface area contributed by atoms with Gasteiger partial charge in [-0.3, -0.25) is 4.79 Å². The molecule has 2 rings (SSSR count). The molecule has 134 valence electrons. The highest BCUT2D eigenvalue weighted by Crippen LogP contribution is 2.38. The van der Waals surface area contributed by atoms with Crippen molar-refractivity contribution in [2.75, 3.05) is 20.2 Å². The second-order valence-corrected chi connectivity index (χ2v) is 6.31. The summed E-state index contributed by atoms with van der Waals surface area (Å²) in [4.78, 5) is 13.8. The first-order valence-electron chi connectivity index (χ1n) is 7.87. The third kappa shape index (κ3) is 4.01. The number of likely N-dealkylation sites (tertiary alicyclic amines) is 1. The molecule has 24 heavy (non-hydrogen) atoms. The van der Waals surface area contributed by atoms with Crippen LogP contribution >= 0.6 is 0 Å². The molecule has 1 atom stereocenters. The van der Waals surface area contributed by atoms with Gasteiger partial charge < -0.3 is 14.7 Å². The van der Waals surface area contributed by atoms with Crippen LogP contribution in [0.2, 0.25) is 0 Å². The summed E-state index contributed by atoms with van der Waals surface area (Å²) in [7, 11) is 1.57. The number of piperidine rings is 1. The minimum atomic E-state index is -4.66. The lowest BCUT2D eigenvalue weighted by molar-refractivity contribution is -0.272. The van der Waals surface area contributed by atoms with Crippen molar-refractivity contribution in [2.45, 2.75) is 38.0 Å². The molecule has 0 aromatic heterocycles. The van der Waals surface area contributed by atoms with Crippen LogP contribution in [0.1, 0.15) is 25.3 Å². The van der Waals surface area contributed by atoms with Crippen molar-refractivity contribution in [1.82, 2.24) is 4.90 Å². The Hall–Kier alpha value is -1.76. The Morgan fingerprint density at radius 3 is 2.29 bits per heavy atom. The molecule has 1 aromatic rings. The summed E-state index contributed by atoms with van der Waals surface area (Å²) in [6.07, 6.45) is -5.10. The number of amides is 1. The number of hydrogen-bond donors (Lipinski definition) is 1. The molecule has 7 heteroatoms. The Morgan fingerprint density at radius 2 is 1.83 bits per heavy atom. The molecule has 1 heterocycles. The predicted molar refractivity (Wildman–Crippen MR) is 82.7 cm³/mol. The van der Waals surface area contributed by atoms with Gasteiger partial charge in [-0.1, -0.05) is 19.1 Å². The number of alkyl halides is 3. The zero-order chi connectivity index (χ0) is 18.0. The van der Waals surface area contributed by atoms with Crippen molar-refractivity contribution in [1.29, 1.82) is 0 Å². The number of rotatable bonds is 4. The van der Waals surface area contributed by atoms with Crippen LogP contribution in [0.5, 0.6) is 5.75 Å². The van der Waals surface area contributed by atoms with Crippen LogP contribution in [0.15, 0.2) is 24.3 Å². The summed E-state index contributed by atoms with van der Waals surface area (Å²) >= 11 is 0. The van der Waals surface area contributed by atoms with Crippen LogP contribution < -0.4 is 4.74 Å². The van der Waals surface area contributed by atoms with Crippen LogP contribution in [-0.2, 0) is 11.2 Å². The maximum Gasteiger partial charge on any atom is 0.417 e. The molecule has 1 fully saturated rings. The number of ether oxygens (including phenoxy) is 1. The van der Waals surface area contributed by atoms with Crippen LogP contribution in [-0.4, -0.2) is 47.9 Å². The van der Waals surface area contributed by atoms with Crippen molar-refractivity contribution in [3.05, 3.63) is 29.8 Å². The predicted octanol–water partition coefficient (Wildman–Crippen LogP) is 2.79. The fourth-order valence-electron chi connectivity index (χ4n) is 2.89. The van der Waals surface area contributed by atoms with E-state index in [1.165, 1.54) is 4.90 Å². The number of methoxy groups -OCH3 is 1. The van der Waals surface area contributed by atoms with Crippen LogP contribution in [0, 0.1) is 5.92 Å². The Labute approximate surface area is 139 Å². The number of nitrogens with zero attached hydrogens (tertiary/aromatic N) is 1. The van der Waals surface area contributed by atoms with E-state index in [0.29, 0.717) is 6.42 Å². The summed E-state index contributed by atoms with van der Waals surface area (Å²) in [5.74, 6) is 0.200. The standard InChI is InChI=1S/C17H22F3NO3/c1-12(11-13-3-5-14(24-2)6-4-13)15(22)21-9-7-16(23,8-10-21)17(18,19)20/h3-6,12,23H,7-11H2,1-2H3. The van der Waals surface area contributed by atoms with E-state index < -0.39 is 24.6 Å². The normalized spacial score (nSPS) is 19.0. The van der Waals surface area contributed by atoms with E-state index in [0.717, 1.165) is 11.3 Å². The van der Waals surface area contributed by atoms with Crippen LogP contribution in [0.3, 0.4) is 0 Å². The molecule has 1 N–H and O–H groups in total. The lowest BCUT2D eigenvalue weighted by Crippen LogP contribution is -2.55. The Morgan fingerprint density at radius 1 is 1.29 bits per heavy atom. The third-order valence-corrected chi connectivity index (χ3v) is 4.55. The fourth-order valence-corrected chi connectivity index (χ4v) is 2.89. The number of carbonyl (C=O) groups excluding carboxylic acids is 1. The summed E-state index contributed by atoms with van der Waals surface area (Å²) in [6, 6.07) is 7.33. The first kappa shape index (κ1) is 18.6. The number of aliphatic hydroxyl groups is 1. The van der Waals surface area contributed by atoms with E-state index in [4.69, 9.17) is 4.74 Å². The molecule has 1 amide bonds. The highest BCUT2D eigenvalue weighted by molar-refractivity contribution is 5.79. The zero-order valence-electron chi connectivity index (χ0n) is 13.8. The second kappa shape index (κ2) is 7.01. The Balaban J connectivity index is 1.92. The monoisotopic (exact) mass is 345 g/mol. The second-order valence-electron chi connectivity index (χ2n) is 6.31. The number of carbonyl (C=O) groups is 1. The molecule has 1 unspecified atom stereocenters. The fraction of sp³-hybridized carbons (Fsp3) is 0.588. The van der Waals surface area contributed by atoms with Gasteiger partial charge in [0.15, 0.2) is 5.60 Å². The first-order valence-corrected chi connectivity index (χ1v) is 7.87. The van der Waals surface area contributed by atoms with Gasteiger partial charge in [-0.15, -0.1) is 0 Å². The lowest BCUT2D eigenvalue weighted by Gasteiger charge is -2.39. The van der Waals surface area contributed by atoms with Crippen molar-refractivity contribution >= 4 is 5.91 Å². The molecule has 0 bridgehead atoms. The minimum absolute atomic E-state index is 0.0816. The van der Waals surface area contributed by atoms with Gasteiger partial charge >= 0.3 is 6.18 Å². The topological polar surface area (TPSA) is 49.8 Å². The van der Waals surface area contributed by atoms with E-state index in [2.05, 4.69) is 0 Å². The number of benzene rings is 1. The third-order valence-electron chi connectivity index (χ3n) is 4.55. The van der Waals surface area contributed by atoms with Gasteiger partial charge in [0.25, 0.3) is 0 Å². The van der Waals surface area contributed by atoms with Crippen LogP contribution in [0.4, 0.5) is 13.2 Å². The summed E-state index contributed by atoms with van der Waals surface area (Å²) in [5, 5.41) is 9.66. The molecule has 0 aliphatic carbocycles. The molecule has 0 spiro atoms. The quantitative estimate of drug-likeness (QED) is 0.913. The molecule has 1 aliphatic rings. The van der Waals surface area contributed by atoms with E-state index in [-0.39, 0.29) is 24.9 Å². The average molecular weight is 345 g/mol.